The van der Waals surface area contributed by atoms with Gasteiger partial charge in [0.25, 0.3) is 11.7 Å². The van der Waals surface area contributed by atoms with Crippen LogP contribution in [0.15, 0.2) is 60.7 Å². The Balaban J connectivity index is 1.51. The first kappa shape index (κ1) is 25.4. The van der Waals surface area contributed by atoms with Crippen molar-refractivity contribution >= 4 is 17.8 Å². The van der Waals surface area contributed by atoms with Crippen LogP contribution < -0.4 is 0 Å². The number of carbonyl (C=O) groups is 3. The first-order chi connectivity index (χ1) is 18.0. The molecule has 3 atom stereocenters. The molecule has 0 radical (unpaired) electrons. The highest BCUT2D eigenvalue weighted by molar-refractivity contribution is 6.03. The van der Waals surface area contributed by atoms with Crippen LogP contribution in [0.25, 0.3) is 0 Å². The number of likely N-dealkylation sites (tertiary alicyclic amines) is 1. The van der Waals surface area contributed by atoms with Gasteiger partial charge in [-0.05, 0) is 24.0 Å². The van der Waals surface area contributed by atoms with Crippen LogP contribution in [0.5, 0.6) is 0 Å². The van der Waals surface area contributed by atoms with E-state index in [4.69, 9.17) is 18.9 Å². The summed E-state index contributed by atoms with van der Waals surface area (Å²) < 4.78 is 22.2. The van der Waals surface area contributed by atoms with E-state index in [-0.39, 0.29) is 19.3 Å². The molecule has 3 fully saturated rings. The number of carbonyl (C=O) groups excluding carboxylic acids is 3. The second-order valence-corrected chi connectivity index (χ2v) is 9.79. The number of aliphatic hydroxyl groups is 1. The maximum absolute atomic E-state index is 13.8. The Morgan fingerprint density at radius 3 is 2.14 bits per heavy atom. The van der Waals surface area contributed by atoms with Crippen LogP contribution in [-0.2, 0) is 46.5 Å². The minimum atomic E-state index is -2.62. The van der Waals surface area contributed by atoms with Crippen LogP contribution in [0, 0.1) is 5.41 Å². The Morgan fingerprint density at radius 1 is 0.919 bits per heavy atom. The third-order valence-electron chi connectivity index (χ3n) is 7.55. The van der Waals surface area contributed by atoms with Crippen LogP contribution in [0.2, 0.25) is 0 Å². The Morgan fingerprint density at radius 2 is 1.51 bits per heavy atom. The topological polar surface area (TPSA) is 112 Å². The third-order valence-corrected chi connectivity index (χ3v) is 7.55. The molecule has 2 aromatic rings. The summed E-state index contributed by atoms with van der Waals surface area (Å²) in [6, 6.07) is 16.3. The number of rotatable bonds is 7. The van der Waals surface area contributed by atoms with Gasteiger partial charge in [0, 0.05) is 6.04 Å². The molecule has 1 saturated carbocycles. The highest BCUT2D eigenvalue weighted by Gasteiger charge is 2.79. The number of fused-ring (bicyclic) bond motifs is 1. The predicted octanol–water partition coefficient (Wildman–Crippen LogP) is 2.70. The van der Waals surface area contributed by atoms with E-state index < -0.39 is 48.5 Å². The van der Waals surface area contributed by atoms with Crippen molar-refractivity contribution in [2.75, 3.05) is 13.4 Å². The standard InChI is InChI=1S/C28H31NO8/c30-24(35-16-20-10-4-1-5-11-20)23-27(26(32)36-17-21-12-6-2-7-13-21)18-34-19-37-28(27,33)25(31)29(23)22-14-8-3-9-15-22/h1-2,4-7,10-13,22-23,33H,3,8-9,14-19H2/t23-,27+,28-/m0/s1. The number of benzene rings is 2. The predicted molar refractivity (Wildman–Crippen MR) is 129 cm³/mol. The maximum Gasteiger partial charge on any atom is 0.330 e. The minimum Gasteiger partial charge on any atom is -0.460 e. The largest absolute Gasteiger partial charge is 0.460 e. The van der Waals surface area contributed by atoms with Gasteiger partial charge in [0.15, 0.2) is 18.2 Å². The van der Waals surface area contributed by atoms with Crippen LogP contribution in [-0.4, -0.2) is 59.1 Å². The molecule has 1 amide bonds. The average molecular weight is 510 g/mol. The summed E-state index contributed by atoms with van der Waals surface area (Å²) in [6.45, 7) is -1.00. The Labute approximate surface area is 215 Å². The van der Waals surface area contributed by atoms with Gasteiger partial charge >= 0.3 is 11.9 Å². The zero-order chi connectivity index (χ0) is 25.9. The molecular formula is C28H31NO8. The fourth-order valence-corrected chi connectivity index (χ4v) is 5.62. The SMILES string of the molecule is O=C(OCc1ccccc1)[C@@H]1N(C2CCCCC2)C(=O)[C@]2(O)OCOC[C@]12C(=O)OCc1ccccc1. The molecule has 0 bridgehead atoms. The molecule has 9 heteroatoms. The van der Waals surface area contributed by atoms with E-state index in [1.165, 1.54) is 4.90 Å². The monoisotopic (exact) mass is 509 g/mol. The Bertz CT molecular complexity index is 1120. The van der Waals surface area contributed by atoms with Gasteiger partial charge in [-0.3, -0.25) is 9.59 Å². The molecule has 2 heterocycles. The van der Waals surface area contributed by atoms with E-state index in [9.17, 15) is 19.5 Å². The number of ether oxygens (including phenoxy) is 4. The van der Waals surface area contributed by atoms with Crippen LogP contribution in [0.4, 0.5) is 0 Å². The van der Waals surface area contributed by atoms with Gasteiger partial charge in [-0.25, -0.2) is 4.79 Å². The number of hydrogen-bond acceptors (Lipinski definition) is 8. The zero-order valence-electron chi connectivity index (χ0n) is 20.5. The molecule has 9 nitrogen and oxygen atoms in total. The lowest BCUT2D eigenvalue weighted by atomic mass is 9.75. The molecule has 0 spiro atoms. The van der Waals surface area contributed by atoms with Crippen molar-refractivity contribution in [3.05, 3.63) is 71.8 Å². The van der Waals surface area contributed by atoms with Crippen molar-refractivity contribution in [1.82, 2.24) is 4.90 Å². The highest BCUT2D eigenvalue weighted by Crippen LogP contribution is 2.52. The third kappa shape index (κ3) is 4.52. The average Bonchev–Trinajstić information content (AvgIpc) is 3.16. The Kier molecular flexibility index (Phi) is 7.28. The molecule has 2 saturated heterocycles. The van der Waals surface area contributed by atoms with Crippen molar-refractivity contribution in [3.63, 3.8) is 0 Å². The van der Waals surface area contributed by atoms with Gasteiger partial charge in [-0.2, -0.15) is 0 Å². The minimum absolute atomic E-state index is 0.0574. The normalized spacial score (nSPS) is 28.0. The quantitative estimate of drug-likeness (QED) is 0.567. The number of amides is 1. The van der Waals surface area contributed by atoms with Gasteiger partial charge in [-0.1, -0.05) is 79.9 Å². The lowest BCUT2D eigenvalue weighted by Gasteiger charge is -2.42. The molecule has 37 heavy (non-hydrogen) atoms. The van der Waals surface area contributed by atoms with E-state index in [0.29, 0.717) is 18.4 Å². The fraction of sp³-hybridized carbons (Fsp3) is 0.464. The summed E-state index contributed by atoms with van der Waals surface area (Å²) in [4.78, 5) is 42.7. The van der Waals surface area contributed by atoms with E-state index in [2.05, 4.69) is 0 Å². The van der Waals surface area contributed by atoms with Crippen molar-refractivity contribution in [1.29, 1.82) is 0 Å². The maximum atomic E-state index is 13.8. The van der Waals surface area contributed by atoms with Crippen molar-refractivity contribution in [2.24, 2.45) is 5.41 Å². The molecule has 1 N–H and O–H groups in total. The molecule has 196 valence electrons. The smallest absolute Gasteiger partial charge is 0.330 e. The van der Waals surface area contributed by atoms with E-state index in [1.807, 2.05) is 24.3 Å². The molecule has 0 aromatic heterocycles. The summed E-state index contributed by atoms with van der Waals surface area (Å²) >= 11 is 0. The molecule has 1 aliphatic carbocycles. The second-order valence-electron chi connectivity index (χ2n) is 9.79. The van der Waals surface area contributed by atoms with Gasteiger partial charge < -0.3 is 29.0 Å². The molecule has 2 aliphatic heterocycles. The van der Waals surface area contributed by atoms with Gasteiger partial charge in [0.2, 0.25) is 0 Å². The molecule has 0 unspecified atom stereocenters. The number of hydrogen-bond donors (Lipinski definition) is 1. The summed E-state index contributed by atoms with van der Waals surface area (Å²) in [5.74, 6) is -5.22. The number of nitrogens with zero attached hydrogens (tertiary/aromatic N) is 1. The van der Waals surface area contributed by atoms with Crippen LogP contribution in [0.3, 0.4) is 0 Å². The van der Waals surface area contributed by atoms with Crippen LogP contribution >= 0.6 is 0 Å². The lowest BCUT2D eigenvalue weighted by molar-refractivity contribution is -0.321. The summed E-state index contributed by atoms with van der Waals surface area (Å²) in [7, 11) is 0. The van der Waals surface area contributed by atoms with Gasteiger partial charge in [0.05, 0.1) is 6.61 Å². The van der Waals surface area contributed by atoms with E-state index >= 15 is 0 Å². The first-order valence-corrected chi connectivity index (χ1v) is 12.7. The number of esters is 2. The highest BCUT2D eigenvalue weighted by atomic mass is 16.7. The molecule has 2 aromatic carbocycles. The Hall–Kier alpha value is -3.27. The second kappa shape index (κ2) is 10.6. The molecule has 5 rings (SSSR count). The van der Waals surface area contributed by atoms with Gasteiger partial charge in [0.1, 0.15) is 13.2 Å². The van der Waals surface area contributed by atoms with E-state index in [1.54, 1.807) is 36.4 Å². The van der Waals surface area contributed by atoms with E-state index in [0.717, 1.165) is 24.8 Å². The first-order valence-electron chi connectivity index (χ1n) is 12.7. The summed E-state index contributed by atoms with van der Waals surface area (Å²) in [5.41, 5.74) is -0.691. The fourth-order valence-electron chi connectivity index (χ4n) is 5.62. The van der Waals surface area contributed by atoms with Crippen molar-refractivity contribution in [2.45, 2.75) is 63.2 Å². The molecule has 3 aliphatic rings. The van der Waals surface area contributed by atoms with Gasteiger partial charge in [-0.15, -0.1) is 0 Å². The lowest BCUT2D eigenvalue weighted by Crippen LogP contribution is -2.65. The zero-order valence-corrected chi connectivity index (χ0v) is 20.5. The summed E-state index contributed by atoms with van der Waals surface area (Å²) in [6.07, 6.45) is 4.01. The van der Waals surface area contributed by atoms with Crippen LogP contribution in [0.1, 0.15) is 43.2 Å². The van der Waals surface area contributed by atoms with Crippen molar-refractivity contribution in [3.8, 4) is 0 Å². The summed E-state index contributed by atoms with van der Waals surface area (Å²) in [5, 5.41) is 11.7. The van der Waals surface area contributed by atoms with Crippen molar-refractivity contribution < 1.29 is 38.4 Å². The molecular weight excluding hydrogens is 478 g/mol.